The minimum absolute atomic E-state index is 0.112. The van der Waals surface area contributed by atoms with Crippen molar-refractivity contribution in [3.05, 3.63) is 60.5 Å². The van der Waals surface area contributed by atoms with Crippen LogP contribution in [0.3, 0.4) is 0 Å². The Kier molecular flexibility index (Phi) is 6.49. The molecule has 2 atom stereocenters. The molecule has 126 valence electrons. The summed E-state index contributed by atoms with van der Waals surface area (Å²) in [5.74, 6) is 0.223. The van der Waals surface area contributed by atoms with E-state index in [4.69, 9.17) is 12.6 Å². The zero-order chi connectivity index (χ0) is 17.0. The van der Waals surface area contributed by atoms with E-state index in [-0.39, 0.29) is 11.9 Å². The first kappa shape index (κ1) is 18.3. The highest BCUT2D eigenvalue weighted by Gasteiger charge is 2.36. The van der Waals surface area contributed by atoms with Gasteiger partial charge in [-0.15, -0.1) is 0 Å². The summed E-state index contributed by atoms with van der Waals surface area (Å²) in [4.78, 5) is 2.33. The van der Waals surface area contributed by atoms with Gasteiger partial charge in [-0.3, -0.25) is 4.90 Å². The van der Waals surface area contributed by atoms with Crippen LogP contribution >= 0.6 is 12.6 Å². The van der Waals surface area contributed by atoms with Crippen molar-refractivity contribution in [3.8, 4) is 0 Å². The molecule has 3 heteroatoms. The second-order valence-electron chi connectivity index (χ2n) is 6.43. The van der Waals surface area contributed by atoms with E-state index in [1.807, 2.05) is 0 Å². The highest BCUT2D eigenvalue weighted by atomic mass is 32.1. The van der Waals surface area contributed by atoms with Gasteiger partial charge in [-0.1, -0.05) is 44.4 Å². The SMILES string of the molecule is C=C/C(F)=C(\C=C)C(C(=C)C1CC1)N1CCC(S)/C(=C\CC)C1. The van der Waals surface area contributed by atoms with E-state index in [2.05, 4.69) is 37.6 Å². The van der Waals surface area contributed by atoms with Gasteiger partial charge in [0, 0.05) is 23.9 Å². The third-order valence-corrected chi connectivity index (χ3v) is 5.35. The Morgan fingerprint density at radius 3 is 2.57 bits per heavy atom. The van der Waals surface area contributed by atoms with Crippen molar-refractivity contribution in [3.63, 3.8) is 0 Å². The Balaban J connectivity index is 2.33. The van der Waals surface area contributed by atoms with Gasteiger partial charge in [-0.2, -0.15) is 12.6 Å². The second kappa shape index (κ2) is 8.16. The summed E-state index contributed by atoms with van der Waals surface area (Å²) in [6.07, 6.45) is 9.46. The van der Waals surface area contributed by atoms with Gasteiger partial charge in [0.25, 0.3) is 0 Å². The fourth-order valence-electron chi connectivity index (χ4n) is 3.34. The van der Waals surface area contributed by atoms with Crippen LogP contribution in [0.4, 0.5) is 4.39 Å². The summed E-state index contributed by atoms with van der Waals surface area (Å²) in [5.41, 5.74) is 3.05. The molecule has 0 aromatic carbocycles. The van der Waals surface area contributed by atoms with Crippen LogP contribution < -0.4 is 0 Å². The summed E-state index contributed by atoms with van der Waals surface area (Å²) in [6.45, 7) is 15.6. The maximum absolute atomic E-state index is 14.4. The monoisotopic (exact) mass is 333 g/mol. The van der Waals surface area contributed by atoms with Crippen LogP contribution in [0.2, 0.25) is 0 Å². The van der Waals surface area contributed by atoms with Gasteiger partial charge < -0.3 is 0 Å². The number of rotatable bonds is 7. The lowest BCUT2D eigenvalue weighted by Crippen LogP contribution is -2.45. The van der Waals surface area contributed by atoms with Crippen LogP contribution in [-0.4, -0.2) is 29.3 Å². The van der Waals surface area contributed by atoms with Crippen molar-refractivity contribution in [2.45, 2.75) is 43.9 Å². The van der Waals surface area contributed by atoms with Crippen molar-refractivity contribution in [1.82, 2.24) is 4.90 Å². The molecule has 2 fully saturated rings. The first-order valence-electron chi connectivity index (χ1n) is 8.47. The first-order chi connectivity index (χ1) is 11.0. The predicted octanol–water partition coefficient (Wildman–Crippen LogP) is 5.26. The average Bonchev–Trinajstić information content (AvgIpc) is 3.38. The van der Waals surface area contributed by atoms with Crippen molar-refractivity contribution >= 4 is 12.6 Å². The number of allylic oxidation sites excluding steroid dienone is 3. The normalized spacial score (nSPS) is 26.6. The Labute approximate surface area is 145 Å². The summed E-state index contributed by atoms with van der Waals surface area (Å²) >= 11 is 4.70. The molecular weight excluding hydrogens is 305 g/mol. The maximum Gasteiger partial charge on any atom is 0.127 e. The van der Waals surface area contributed by atoms with Gasteiger partial charge in [-0.05, 0) is 43.3 Å². The van der Waals surface area contributed by atoms with E-state index in [9.17, 15) is 4.39 Å². The molecule has 0 bridgehead atoms. The number of piperidine rings is 1. The van der Waals surface area contributed by atoms with Gasteiger partial charge in [0.15, 0.2) is 0 Å². The maximum atomic E-state index is 14.4. The highest BCUT2D eigenvalue weighted by molar-refractivity contribution is 7.81. The molecule has 1 heterocycles. The molecule has 1 nitrogen and oxygen atoms in total. The number of thiol groups is 1. The molecule has 2 rings (SSSR count). The molecule has 0 radical (unpaired) electrons. The van der Waals surface area contributed by atoms with E-state index in [0.29, 0.717) is 16.7 Å². The van der Waals surface area contributed by atoms with Crippen LogP contribution in [0, 0.1) is 5.92 Å². The zero-order valence-corrected chi connectivity index (χ0v) is 15.0. The summed E-state index contributed by atoms with van der Waals surface area (Å²) < 4.78 is 14.4. The number of hydrogen-bond acceptors (Lipinski definition) is 2. The lowest BCUT2D eigenvalue weighted by molar-refractivity contribution is 0.235. The molecule has 1 saturated heterocycles. The Morgan fingerprint density at radius 1 is 1.35 bits per heavy atom. The molecule has 2 aliphatic rings. The number of halogens is 1. The van der Waals surface area contributed by atoms with Crippen LogP contribution in [0.15, 0.2) is 60.5 Å². The van der Waals surface area contributed by atoms with Gasteiger partial charge in [0.1, 0.15) is 5.83 Å². The number of nitrogens with zero attached hydrogens (tertiary/aromatic N) is 1. The molecule has 0 aromatic rings. The first-order valence-corrected chi connectivity index (χ1v) is 8.99. The van der Waals surface area contributed by atoms with Crippen molar-refractivity contribution < 1.29 is 4.39 Å². The van der Waals surface area contributed by atoms with Crippen LogP contribution in [0.1, 0.15) is 32.6 Å². The Morgan fingerprint density at radius 2 is 2.04 bits per heavy atom. The predicted molar refractivity (Wildman–Crippen MR) is 102 cm³/mol. The van der Waals surface area contributed by atoms with E-state index in [1.165, 1.54) is 11.6 Å². The van der Waals surface area contributed by atoms with Gasteiger partial charge >= 0.3 is 0 Å². The number of hydrogen-bond donors (Lipinski definition) is 1. The zero-order valence-electron chi connectivity index (χ0n) is 14.1. The lowest BCUT2D eigenvalue weighted by Gasteiger charge is -2.39. The van der Waals surface area contributed by atoms with E-state index < -0.39 is 0 Å². The molecule has 1 saturated carbocycles. The fraction of sp³-hybridized carbons (Fsp3) is 0.500. The van der Waals surface area contributed by atoms with Crippen LogP contribution in [0.25, 0.3) is 0 Å². The molecular formula is C20H28FNS. The van der Waals surface area contributed by atoms with Gasteiger partial charge in [0.05, 0.1) is 6.04 Å². The molecule has 1 aliphatic carbocycles. The largest absolute Gasteiger partial charge is 0.288 e. The van der Waals surface area contributed by atoms with Crippen LogP contribution in [0.5, 0.6) is 0 Å². The van der Waals surface area contributed by atoms with E-state index in [1.54, 1.807) is 6.08 Å². The number of likely N-dealkylation sites (tertiary alicyclic amines) is 1. The molecule has 0 aromatic heterocycles. The minimum atomic E-state index is -0.291. The van der Waals surface area contributed by atoms with Crippen LogP contribution in [-0.2, 0) is 0 Å². The average molecular weight is 334 g/mol. The van der Waals surface area contributed by atoms with Crippen molar-refractivity contribution in [1.29, 1.82) is 0 Å². The van der Waals surface area contributed by atoms with E-state index in [0.717, 1.165) is 44.3 Å². The molecule has 0 amide bonds. The van der Waals surface area contributed by atoms with Crippen molar-refractivity contribution in [2.75, 3.05) is 13.1 Å². The fourth-order valence-corrected chi connectivity index (χ4v) is 3.64. The molecule has 2 unspecified atom stereocenters. The van der Waals surface area contributed by atoms with Gasteiger partial charge in [0.2, 0.25) is 0 Å². The standard InChI is InChI=1S/C20H28FNS/c1-5-8-16-13-22(12-11-19(16)23)20(14(4)15-9-10-15)17(6-2)18(21)7-3/h6-8,15,19-20,23H,2-5,9-13H2,1H3/b16-8-,18-17-. The molecule has 23 heavy (non-hydrogen) atoms. The second-order valence-corrected chi connectivity index (χ2v) is 7.05. The Bertz CT molecular complexity index is 542. The molecule has 1 aliphatic heterocycles. The summed E-state index contributed by atoms with van der Waals surface area (Å²) in [5, 5.41) is 0.307. The summed E-state index contributed by atoms with van der Waals surface area (Å²) in [6, 6.07) is -0.112. The summed E-state index contributed by atoms with van der Waals surface area (Å²) in [7, 11) is 0. The topological polar surface area (TPSA) is 3.24 Å². The molecule has 0 spiro atoms. The Hall–Kier alpha value is -1.06. The smallest absolute Gasteiger partial charge is 0.127 e. The quantitative estimate of drug-likeness (QED) is 0.378. The molecule has 0 N–H and O–H groups in total. The van der Waals surface area contributed by atoms with E-state index >= 15 is 0 Å². The lowest BCUT2D eigenvalue weighted by atomic mass is 9.90. The highest BCUT2D eigenvalue weighted by Crippen LogP contribution is 2.42. The third kappa shape index (κ3) is 4.27. The van der Waals surface area contributed by atoms with Crippen molar-refractivity contribution in [2.24, 2.45) is 5.92 Å². The van der Waals surface area contributed by atoms with Gasteiger partial charge in [-0.25, -0.2) is 4.39 Å². The third-order valence-electron chi connectivity index (χ3n) is 4.76. The minimum Gasteiger partial charge on any atom is -0.288 e.